The molecule has 4 rings (SSSR count). The first-order valence-corrected chi connectivity index (χ1v) is 8.28. The smallest absolute Gasteiger partial charge is 0.223 e. The van der Waals surface area contributed by atoms with Gasteiger partial charge in [0.15, 0.2) is 0 Å². The number of hydrogen-bond acceptors (Lipinski definition) is 5. The van der Waals surface area contributed by atoms with E-state index in [4.69, 9.17) is 5.73 Å². The molecule has 2 bridgehead atoms. The van der Waals surface area contributed by atoms with Crippen molar-refractivity contribution in [2.75, 3.05) is 17.6 Å². The molecule has 2 saturated carbocycles. The van der Waals surface area contributed by atoms with Crippen molar-refractivity contribution in [2.24, 2.45) is 17.8 Å². The Hall–Kier alpha value is -1.36. The molecule has 0 saturated heterocycles. The normalized spacial score (nSPS) is 28.4. The molecule has 2 aromatic rings. The van der Waals surface area contributed by atoms with E-state index in [1.54, 1.807) is 11.3 Å². The average molecular weight is 288 g/mol. The number of nitrogen functional groups attached to an aromatic ring is 1. The van der Waals surface area contributed by atoms with E-state index in [0.717, 1.165) is 40.3 Å². The lowest BCUT2D eigenvalue weighted by Gasteiger charge is -2.22. The topological polar surface area (TPSA) is 63.8 Å². The van der Waals surface area contributed by atoms with E-state index in [-0.39, 0.29) is 0 Å². The summed E-state index contributed by atoms with van der Waals surface area (Å²) in [5.74, 6) is 4.03. The van der Waals surface area contributed by atoms with Gasteiger partial charge in [-0.25, -0.2) is 4.98 Å². The molecule has 106 valence electrons. The van der Waals surface area contributed by atoms with E-state index in [2.05, 4.69) is 28.3 Å². The monoisotopic (exact) mass is 288 g/mol. The fourth-order valence-corrected chi connectivity index (χ4v) is 4.93. The van der Waals surface area contributed by atoms with Gasteiger partial charge in [-0.3, -0.25) is 0 Å². The summed E-state index contributed by atoms with van der Waals surface area (Å²) >= 11 is 1.68. The number of rotatable bonds is 3. The van der Waals surface area contributed by atoms with Gasteiger partial charge in [0.05, 0.1) is 5.39 Å². The molecule has 2 aliphatic carbocycles. The second-order valence-corrected chi connectivity index (χ2v) is 7.56. The largest absolute Gasteiger partial charge is 0.369 e. The maximum Gasteiger partial charge on any atom is 0.223 e. The van der Waals surface area contributed by atoms with Gasteiger partial charge in [-0.15, -0.1) is 11.3 Å². The number of nitrogens with one attached hydrogen (secondary N) is 1. The first kappa shape index (κ1) is 12.4. The highest BCUT2D eigenvalue weighted by molar-refractivity contribution is 7.18. The highest BCUT2D eigenvalue weighted by atomic mass is 32.1. The molecule has 0 aliphatic heterocycles. The van der Waals surface area contributed by atoms with Crippen LogP contribution in [0.4, 0.5) is 11.8 Å². The number of thiophene rings is 1. The summed E-state index contributed by atoms with van der Waals surface area (Å²) in [7, 11) is 0. The van der Waals surface area contributed by atoms with Gasteiger partial charge in [0.2, 0.25) is 5.95 Å². The van der Waals surface area contributed by atoms with Crippen molar-refractivity contribution in [1.29, 1.82) is 0 Å². The quantitative estimate of drug-likeness (QED) is 0.908. The Balaban J connectivity index is 1.56. The summed E-state index contributed by atoms with van der Waals surface area (Å²) in [5, 5.41) is 4.66. The predicted octanol–water partition coefficient (Wildman–Crippen LogP) is 3.43. The van der Waals surface area contributed by atoms with Gasteiger partial charge in [0.1, 0.15) is 10.6 Å². The molecule has 0 amide bonds. The van der Waals surface area contributed by atoms with Crippen molar-refractivity contribution < 1.29 is 0 Å². The van der Waals surface area contributed by atoms with Crippen molar-refractivity contribution >= 4 is 33.3 Å². The van der Waals surface area contributed by atoms with Crippen molar-refractivity contribution in [3.05, 3.63) is 10.9 Å². The van der Waals surface area contributed by atoms with Gasteiger partial charge in [0, 0.05) is 11.4 Å². The van der Waals surface area contributed by atoms with Crippen LogP contribution in [0.15, 0.2) is 6.07 Å². The van der Waals surface area contributed by atoms with Crippen LogP contribution in [0.5, 0.6) is 0 Å². The summed E-state index contributed by atoms with van der Waals surface area (Å²) in [4.78, 5) is 11.0. The zero-order valence-electron chi connectivity index (χ0n) is 11.7. The molecule has 2 aliphatic rings. The second-order valence-electron chi connectivity index (χ2n) is 6.32. The zero-order chi connectivity index (χ0) is 13.7. The Morgan fingerprint density at radius 2 is 2.25 bits per heavy atom. The third-order valence-corrected chi connectivity index (χ3v) is 5.89. The fourth-order valence-electron chi connectivity index (χ4n) is 4.05. The Morgan fingerprint density at radius 3 is 3.00 bits per heavy atom. The molecule has 2 heterocycles. The minimum absolute atomic E-state index is 0.370. The summed E-state index contributed by atoms with van der Waals surface area (Å²) in [6.45, 7) is 3.13. The summed E-state index contributed by atoms with van der Waals surface area (Å²) in [5.41, 5.74) is 5.82. The Bertz CT molecular complexity index is 651. The summed E-state index contributed by atoms with van der Waals surface area (Å²) in [6, 6.07) is 2.16. The highest BCUT2D eigenvalue weighted by Crippen LogP contribution is 2.48. The van der Waals surface area contributed by atoms with Gasteiger partial charge in [-0.2, -0.15) is 4.98 Å². The standard InChI is InChI=1S/C15H20N4S/c1-8-4-12-13(18-15(16)19-14(12)20-8)17-7-11-6-9-2-3-10(11)5-9/h4,9-11H,2-3,5-7H2,1H3,(H3,16,17,18,19). The molecule has 0 spiro atoms. The molecule has 2 fully saturated rings. The van der Waals surface area contributed by atoms with E-state index >= 15 is 0 Å². The number of nitrogens with zero attached hydrogens (tertiary/aromatic N) is 2. The number of anilines is 2. The van der Waals surface area contributed by atoms with E-state index in [1.165, 1.54) is 30.6 Å². The number of nitrogens with two attached hydrogens (primary N) is 1. The fraction of sp³-hybridized carbons (Fsp3) is 0.600. The van der Waals surface area contributed by atoms with Crippen molar-refractivity contribution in [3.63, 3.8) is 0 Å². The third-order valence-electron chi connectivity index (χ3n) is 4.95. The van der Waals surface area contributed by atoms with Crippen LogP contribution < -0.4 is 11.1 Å². The highest BCUT2D eigenvalue weighted by Gasteiger charge is 2.39. The molecule has 3 N–H and O–H groups in total. The first-order valence-electron chi connectivity index (χ1n) is 7.46. The molecule has 2 aromatic heterocycles. The third kappa shape index (κ3) is 2.04. The Morgan fingerprint density at radius 1 is 1.35 bits per heavy atom. The Kier molecular flexibility index (Phi) is 2.84. The molecule has 0 radical (unpaired) electrons. The van der Waals surface area contributed by atoms with Crippen LogP contribution in [0.25, 0.3) is 10.2 Å². The van der Waals surface area contributed by atoms with Crippen LogP contribution in [0.2, 0.25) is 0 Å². The second kappa shape index (κ2) is 4.58. The summed E-state index contributed by atoms with van der Waals surface area (Å²) in [6.07, 6.45) is 5.72. The van der Waals surface area contributed by atoms with Crippen LogP contribution in [-0.4, -0.2) is 16.5 Å². The van der Waals surface area contributed by atoms with Gasteiger partial charge in [-0.05, 0) is 50.0 Å². The number of hydrogen-bond donors (Lipinski definition) is 2. The van der Waals surface area contributed by atoms with Gasteiger partial charge < -0.3 is 11.1 Å². The maximum absolute atomic E-state index is 5.82. The summed E-state index contributed by atoms with van der Waals surface area (Å²) < 4.78 is 0. The first-order chi connectivity index (χ1) is 9.69. The minimum Gasteiger partial charge on any atom is -0.369 e. The zero-order valence-corrected chi connectivity index (χ0v) is 12.5. The molecule has 0 aromatic carbocycles. The van der Waals surface area contributed by atoms with E-state index in [0.29, 0.717) is 5.95 Å². The lowest BCUT2D eigenvalue weighted by molar-refractivity contribution is 0.348. The van der Waals surface area contributed by atoms with Gasteiger partial charge in [0.25, 0.3) is 0 Å². The molecule has 3 unspecified atom stereocenters. The van der Waals surface area contributed by atoms with Crippen molar-refractivity contribution in [2.45, 2.75) is 32.6 Å². The molecule has 3 atom stereocenters. The molecule has 4 nitrogen and oxygen atoms in total. The number of aryl methyl sites for hydroxylation is 1. The van der Waals surface area contributed by atoms with Crippen LogP contribution in [0, 0.1) is 24.7 Å². The lowest BCUT2D eigenvalue weighted by Crippen LogP contribution is -2.20. The molecule has 5 heteroatoms. The average Bonchev–Trinajstić information content (AvgIpc) is 3.09. The van der Waals surface area contributed by atoms with E-state index in [1.807, 2.05) is 0 Å². The van der Waals surface area contributed by atoms with Gasteiger partial charge in [-0.1, -0.05) is 6.42 Å². The van der Waals surface area contributed by atoms with E-state index in [9.17, 15) is 0 Å². The minimum atomic E-state index is 0.370. The molecular formula is C15H20N4S. The van der Waals surface area contributed by atoms with Crippen LogP contribution in [0.1, 0.15) is 30.6 Å². The van der Waals surface area contributed by atoms with Crippen LogP contribution in [-0.2, 0) is 0 Å². The molecule has 20 heavy (non-hydrogen) atoms. The van der Waals surface area contributed by atoms with Crippen molar-refractivity contribution in [1.82, 2.24) is 9.97 Å². The lowest BCUT2D eigenvalue weighted by atomic mass is 9.89. The Labute approximate surface area is 122 Å². The maximum atomic E-state index is 5.82. The van der Waals surface area contributed by atoms with Crippen molar-refractivity contribution in [3.8, 4) is 0 Å². The van der Waals surface area contributed by atoms with E-state index < -0.39 is 0 Å². The number of aromatic nitrogens is 2. The number of fused-ring (bicyclic) bond motifs is 3. The van der Waals surface area contributed by atoms with Crippen LogP contribution in [0.3, 0.4) is 0 Å². The predicted molar refractivity (Wildman–Crippen MR) is 84.0 cm³/mol. The SMILES string of the molecule is Cc1cc2c(NCC3CC4CCC3C4)nc(N)nc2s1. The molecular weight excluding hydrogens is 268 g/mol. The van der Waals surface area contributed by atoms with Crippen LogP contribution >= 0.6 is 11.3 Å². The van der Waals surface area contributed by atoms with Gasteiger partial charge >= 0.3 is 0 Å².